The number of benzene rings is 4. The molecule has 0 atom stereocenters. The predicted octanol–water partition coefficient (Wildman–Crippen LogP) is 6.71. The van der Waals surface area contributed by atoms with Gasteiger partial charge in [0, 0.05) is 0 Å². The second-order valence-corrected chi connectivity index (χ2v) is 9.17. The topological polar surface area (TPSA) is 0 Å². The van der Waals surface area contributed by atoms with Gasteiger partial charge in [0.1, 0.15) is 0 Å². The van der Waals surface area contributed by atoms with Crippen LogP contribution in [-0.4, -0.2) is 0 Å². The molecule has 0 aromatic heterocycles. The van der Waals surface area contributed by atoms with Gasteiger partial charge in [-0.15, -0.1) is 0 Å². The van der Waals surface area contributed by atoms with Crippen LogP contribution >= 0.6 is 0 Å². The van der Waals surface area contributed by atoms with Crippen LogP contribution in [-0.2, 0) is 38.5 Å². The van der Waals surface area contributed by atoms with Crippen molar-refractivity contribution in [3.8, 4) is 22.3 Å². The van der Waals surface area contributed by atoms with E-state index in [1.807, 2.05) is 0 Å². The highest BCUT2D eigenvalue weighted by molar-refractivity contribution is 5.80. The van der Waals surface area contributed by atoms with Crippen LogP contribution in [0.4, 0.5) is 0 Å². The molecule has 0 amide bonds. The largest absolute Gasteiger partial charge is 0.0614 e. The quantitative estimate of drug-likeness (QED) is 0.273. The van der Waals surface area contributed by atoms with Crippen LogP contribution in [0.1, 0.15) is 44.5 Å². The zero-order valence-corrected chi connectivity index (χ0v) is 17.2. The van der Waals surface area contributed by atoms with Gasteiger partial charge in [0.05, 0.1) is 0 Å². The average Bonchev–Trinajstić information content (AvgIpc) is 3.34. The molecule has 0 nitrogen and oxygen atoms in total. The van der Waals surface area contributed by atoms with Crippen molar-refractivity contribution in [2.75, 3.05) is 0 Å². The number of hydrogen-bond donors (Lipinski definition) is 0. The number of aryl methyl sites for hydroxylation is 4. The van der Waals surface area contributed by atoms with E-state index in [1.54, 1.807) is 22.3 Å². The standard InChI is InChI=1S/C30H24/c1-5-21-13-14-22-6-3-9-27-26-8-2-4-20(29(26)18-30(22)27)12-10-19-11-15-24-23(16-19)17-28(21)25(24)7-1/h1-9,11,15-16H,10,12-14,17-18H2. The summed E-state index contributed by atoms with van der Waals surface area (Å²) in [6.07, 6.45) is 6.71. The van der Waals surface area contributed by atoms with Crippen LogP contribution in [0.15, 0.2) is 72.8 Å². The minimum absolute atomic E-state index is 1.10. The third kappa shape index (κ3) is 2.34. The molecule has 0 saturated carbocycles. The van der Waals surface area contributed by atoms with Gasteiger partial charge in [-0.2, -0.15) is 0 Å². The molecule has 144 valence electrons. The highest BCUT2D eigenvalue weighted by Gasteiger charge is 2.25. The second kappa shape index (κ2) is 6.19. The fraction of sp³-hybridized carbons (Fsp3) is 0.200. The molecular weight excluding hydrogens is 360 g/mol. The molecule has 3 aliphatic rings. The molecule has 4 aromatic carbocycles. The molecule has 0 radical (unpaired) electrons. The Labute approximate surface area is 178 Å². The summed E-state index contributed by atoms with van der Waals surface area (Å²) in [6, 6.07) is 28.1. The normalized spacial score (nSPS) is 15.2. The minimum Gasteiger partial charge on any atom is -0.0614 e. The van der Waals surface area contributed by atoms with Crippen LogP contribution < -0.4 is 0 Å². The minimum atomic E-state index is 1.10. The van der Waals surface area contributed by atoms with Gasteiger partial charge in [-0.25, -0.2) is 0 Å². The maximum atomic E-state index is 2.48. The lowest BCUT2D eigenvalue weighted by Gasteiger charge is -2.12. The van der Waals surface area contributed by atoms with Gasteiger partial charge in [-0.1, -0.05) is 72.8 Å². The van der Waals surface area contributed by atoms with Crippen LogP contribution in [0.25, 0.3) is 22.3 Å². The van der Waals surface area contributed by atoms with Crippen LogP contribution in [0.5, 0.6) is 0 Å². The van der Waals surface area contributed by atoms with E-state index in [0.717, 1.165) is 38.5 Å². The lowest BCUT2D eigenvalue weighted by molar-refractivity contribution is 0.924. The zero-order chi connectivity index (χ0) is 19.7. The zero-order valence-electron chi connectivity index (χ0n) is 17.2. The Balaban J connectivity index is 1.43. The lowest BCUT2D eigenvalue weighted by atomic mass is 9.93. The highest BCUT2D eigenvalue weighted by atomic mass is 14.3. The van der Waals surface area contributed by atoms with E-state index in [9.17, 15) is 0 Å². The summed E-state index contributed by atoms with van der Waals surface area (Å²) in [5, 5.41) is 0. The summed E-state index contributed by atoms with van der Waals surface area (Å²) in [7, 11) is 0. The summed E-state index contributed by atoms with van der Waals surface area (Å²) in [4.78, 5) is 0. The summed E-state index contributed by atoms with van der Waals surface area (Å²) < 4.78 is 0. The highest BCUT2D eigenvalue weighted by Crippen LogP contribution is 2.42. The average molecular weight is 385 g/mol. The van der Waals surface area contributed by atoms with Crippen molar-refractivity contribution in [2.45, 2.75) is 38.5 Å². The molecule has 7 rings (SSSR count). The molecule has 5 bridgehead atoms. The summed E-state index contributed by atoms with van der Waals surface area (Å²) in [5.74, 6) is 0. The van der Waals surface area contributed by atoms with E-state index in [2.05, 4.69) is 72.8 Å². The van der Waals surface area contributed by atoms with Crippen molar-refractivity contribution in [3.05, 3.63) is 117 Å². The Morgan fingerprint density at radius 3 is 1.57 bits per heavy atom. The van der Waals surface area contributed by atoms with Crippen LogP contribution in [0, 0.1) is 0 Å². The van der Waals surface area contributed by atoms with E-state index >= 15 is 0 Å². The molecule has 4 aromatic rings. The van der Waals surface area contributed by atoms with Gasteiger partial charge in [-0.05, 0) is 105 Å². The Kier molecular flexibility index (Phi) is 3.44. The molecule has 0 spiro atoms. The van der Waals surface area contributed by atoms with Crippen molar-refractivity contribution < 1.29 is 0 Å². The number of fused-ring (bicyclic) bond motifs is 3. The van der Waals surface area contributed by atoms with E-state index in [-0.39, 0.29) is 0 Å². The van der Waals surface area contributed by atoms with Gasteiger partial charge in [0.15, 0.2) is 0 Å². The van der Waals surface area contributed by atoms with E-state index in [0.29, 0.717) is 0 Å². The lowest BCUT2D eigenvalue weighted by Crippen LogP contribution is -2.00. The summed E-state index contributed by atoms with van der Waals surface area (Å²) >= 11 is 0. The van der Waals surface area contributed by atoms with E-state index < -0.39 is 0 Å². The molecule has 0 N–H and O–H groups in total. The Morgan fingerprint density at radius 1 is 0.400 bits per heavy atom. The first-order chi connectivity index (χ1) is 14.8. The fourth-order valence-electron chi connectivity index (χ4n) is 6.12. The maximum absolute atomic E-state index is 2.48. The monoisotopic (exact) mass is 384 g/mol. The van der Waals surface area contributed by atoms with E-state index in [1.165, 1.54) is 44.5 Å². The van der Waals surface area contributed by atoms with Crippen molar-refractivity contribution in [1.29, 1.82) is 0 Å². The Morgan fingerprint density at radius 2 is 0.933 bits per heavy atom. The Hall–Kier alpha value is -3.12. The smallest absolute Gasteiger partial charge is 0.000798 e. The van der Waals surface area contributed by atoms with Crippen molar-refractivity contribution in [3.63, 3.8) is 0 Å². The molecule has 0 saturated heterocycles. The van der Waals surface area contributed by atoms with Crippen molar-refractivity contribution in [2.24, 2.45) is 0 Å². The molecule has 0 unspecified atom stereocenters. The third-order valence-electron chi connectivity index (χ3n) is 7.64. The fourth-order valence-corrected chi connectivity index (χ4v) is 6.12. The number of rotatable bonds is 0. The van der Waals surface area contributed by atoms with E-state index in [4.69, 9.17) is 0 Å². The van der Waals surface area contributed by atoms with Gasteiger partial charge < -0.3 is 0 Å². The molecule has 0 fully saturated rings. The van der Waals surface area contributed by atoms with Gasteiger partial charge in [-0.3, -0.25) is 0 Å². The molecule has 0 heterocycles. The molecule has 3 aliphatic carbocycles. The van der Waals surface area contributed by atoms with Crippen LogP contribution in [0.3, 0.4) is 0 Å². The summed E-state index contributed by atoms with van der Waals surface area (Å²) in [5.41, 5.74) is 18.2. The van der Waals surface area contributed by atoms with Crippen LogP contribution in [0.2, 0.25) is 0 Å². The SMILES string of the molecule is c1cc2c3c(c1)-c1ccc(cc1C3)CCc1cccc3c1Cc1c(cccc1-3)CC2. The molecule has 0 aliphatic heterocycles. The molecular formula is C30H24. The van der Waals surface area contributed by atoms with Crippen molar-refractivity contribution in [1.82, 2.24) is 0 Å². The maximum Gasteiger partial charge on any atom is -0.000798 e. The third-order valence-corrected chi connectivity index (χ3v) is 7.64. The molecule has 30 heavy (non-hydrogen) atoms. The first-order valence-corrected chi connectivity index (χ1v) is 11.3. The Bertz CT molecular complexity index is 1340. The summed E-state index contributed by atoms with van der Waals surface area (Å²) in [6.45, 7) is 0. The van der Waals surface area contributed by atoms with Gasteiger partial charge in [0.25, 0.3) is 0 Å². The second-order valence-electron chi connectivity index (χ2n) is 9.17. The number of hydrogen-bond acceptors (Lipinski definition) is 0. The van der Waals surface area contributed by atoms with Crippen molar-refractivity contribution >= 4 is 0 Å². The first kappa shape index (κ1) is 16.7. The predicted molar refractivity (Wildman–Crippen MR) is 124 cm³/mol. The first-order valence-electron chi connectivity index (χ1n) is 11.3. The van der Waals surface area contributed by atoms with Gasteiger partial charge in [0.2, 0.25) is 0 Å². The van der Waals surface area contributed by atoms with Gasteiger partial charge >= 0.3 is 0 Å². The molecule has 0 heteroatoms.